The topological polar surface area (TPSA) is 23.8 Å². The Bertz CT molecular complexity index is 576. The van der Waals surface area contributed by atoms with Gasteiger partial charge in [0, 0.05) is 0 Å². The second-order valence-corrected chi connectivity index (χ2v) is 8.48. The van der Waals surface area contributed by atoms with Crippen LogP contribution in [0.5, 0.6) is 0 Å². The molecule has 0 aliphatic heterocycles. The zero-order valence-corrected chi connectivity index (χ0v) is 15.8. The summed E-state index contributed by atoms with van der Waals surface area (Å²) in [6.07, 6.45) is 18.7. The summed E-state index contributed by atoms with van der Waals surface area (Å²) < 4.78 is 0. The van der Waals surface area contributed by atoms with Crippen LogP contribution in [-0.2, 0) is 0 Å². The maximum Gasteiger partial charge on any atom is 0.0991 e. The minimum atomic E-state index is 0.696. The number of allylic oxidation sites excluding steroid dienone is 2. The van der Waals surface area contributed by atoms with Gasteiger partial charge in [0.25, 0.3) is 0 Å². The van der Waals surface area contributed by atoms with E-state index >= 15 is 0 Å². The fraction of sp³-hybridized carbons (Fsp3) is 0.625. The van der Waals surface area contributed by atoms with E-state index in [2.05, 4.69) is 37.3 Å². The van der Waals surface area contributed by atoms with Crippen molar-refractivity contribution in [1.29, 1.82) is 5.26 Å². The normalized spacial score (nSPS) is 30.2. The van der Waals surface area contributed by atoms with E-state index in [-0.39, 0.29) is 0 Å². The molecule has 0 unspecified atom stereocenters. The molecule has 1 nitrogen and oxygen atoms in total. The fourth-order valence-corrected chi connectivity index (χ4v) is 4.71. The van der Waals surface area contributed by atoms with Crippen molar-refractivity contribution < 1.29 is 0 Å². The Hall–Kier alpha value is -1.55. The standard InChI is InChI=1S/C24H33N/c1-19-6-8-20(9-7-19)4-2-3-5-21-10-14-23(15-11-21)24-16-12-22(18-25)13-17-24/h3,5,12-13,16-17,19-21,23H,2,4,6-11,14-15H2,1H3/b5-3+. The maximum atomic E-state index is 8.91. The molecule has 3 rings (SSSR count). The minimum absolute atomic E-state index is 0.696. The molecule has 2 aliphatic rings. The lowest BCUT2D eigenvalue weighted by Gasteiger charge is -2.27. The van der Waals surface area contributed by atoms with Gasteiger partial charge in [-0.3, -0.25) is 0 Å². The molecule has 2 aliphatic carbocycles. The predicted octanol–water partition coefficient (Wildman–Crippen LogP) is 6.99. The van der Waals surface area contributed by atoms with Gasteiger partial charge in [-0.2, -0.15) is 5.26 Å². The fourth-order valence-electron chi connectivity index (χ4n) is 4.71. The molecule has 1 heteroatoms. The van der Waals surface area contributed by atoms with Crippen LogP contribution >= 0.6 is 0 Å². The Morgan fingerprint density at radius 2 is 1.64 bits per heavy atom. The molecule has 0 bridgehead atoms. The van der Waals surface area contributed by atoms with E-state index < -0.39 is 0 Å². The van der Waals surface area contributed by atoms with E-state index in [1.165, 1.54) is 69.8 Å². The van der Waals surface area contributed by atoms with Gasteiger partial charge < -0.3 is 0 Å². The van der Waals surface area contributed by atoms with Gasteiger partial charge in [0.05, 0.1) is 11.6 Å². The zero-order valence-electron chi connectivity index (χ0n) is 15.8. The molecular formula is C24H33N. The summed E-state index contributed by atoms with van der Waals surface area (Å²) in [5.74, 6) is 3.45. The van der Waals surface area contributed by atoms with Crippen molar-refractivity contribution in [2.24, 2.45) is 17.8 Å². The van der Waals surface area contributed by atoms with Crippen molar-refractivity contribution in [3.05, 3.63) is 47.5 Å². The zero-order chi connectivity index (χ0) is 17.5. The second kappa shape index (κ2) is 9.23. The number of nitrogens with zero attached hydrogens (tertiary/aromatic N) is 1. The predicted molar refractivity (Wildman–Crippen MR) is 105 cm³/mol. The van der Waals surface area contributed by atoms with Gasteiger partial charge in [-0.05, 0) is 79.9 Å². The molecule has 0 N–H and O–H groups in total. The van der Waals surface area contributed by atoms with Crippen LogP contribution in [-0.4, -0.2) is 0 Å². The van der Waals surface area contributed by atoms with Crippen LogP contribution in [0.2, 0.25) is 0 Å². The first-order chi connectivity index (χ1) is 12.2. The smallest absolute Gasteiger partial charge is 0.0991 e. The quantitative estimate of drug-likeness (QED) is 0.532. The highest BCUT2D eigenvalue weighted by Crippen LogP contribution is 2.36. The van der Waals surface area contributed by atoms with Crippen molar-refractivity contribution >= 4 is 0 Å². The van der Waals surface area contributed by atoms with E-state index in [1.54, 1.807) is 0 Å². The largest absolute Gasteiger partial charge is 0.192 e. The lowest BCUT2D eigenvalue weighted by molar-refractivity contribution is 0.278. The number of rotatable bonds is 5. The first-order valence-corrected chi connectivity index (χ1v) is 10.4. The van der Waals surface area contributed by atoms with E-state index in [9.17, 15) is 0 Å². The number of hydrogen-bond acceptors (Lipinski definition) is 1. The molecule has 0 aromatic heterocycles. The van der Waals surface area contributed by atoms with Crippen molar-refractivity contribution in [2.75, 3.05) is 0 Å². The molecule has 1 aromatic rings. The van der Waals surface area contributed by atoms with Crippen LogP contribution in [0.15, 0.2) is 36.4 Å². The third-order valence-corrected chi connectivity index (χ3v) is 6.57. The van der Waals surface area contributed by atoms with Gasteiger partial charge in [0.2, 0.25) is 0 Å². The highest BCUT2D eigenvalue weighted by Gasteiger charge is 2.21. The summed E-state index contributed by atoms with van der Waals surface area (Å²) in [4.78, 5) is 0. The summed E-state index contributed by atoms with van der Waals surface area (Å²) in [5, 5.41) is 8.91. The van der Waals surface area contributed by atoms with Gasteiger partial charge in [0.1, 0.15) is 0 Å². The monoisotopic (exact) mass is 335 g/mol. The SMILES string of the molecule is CC1CCC(CC/C=C/C2CCC(c3ccc(C#N)cc3)CC2)CC1. The maximum absolute atomic E-state index is 8.91. The highest BCUT2D eigenvalue weighted by atomic mass is 14.3. The van der Waals surface area contributed by atoms with Gasteiger partial charge in [-0.25, -0.2) is 0 Å². The summed E-state index contributed by atoms with van der Waals surface area (Å²) in [7, 11) is 0. The van der Waals surface area contributed by atoms with E-state index in [1.807, 2.05) is 12.1 Å². The molecule has 134 valence electrons. The van der Waals surface area contributed by atoms with Crippen molar-refractivity contribution in [3.8, 4) is 6.07 Å². The molecule has 0 spiro atoms. The summed E-state index contributed by atoms with van der Waals surface area (Å²) in [6, 6.07) is 10.5. The summed E-state index contributed by atoms with van der Waals surface area (Å²) in [6.45, 7) is 2.41. The molecule has 1 aromatic carbocycles. The first-order valence-electron chi connectivity index (χ1n) is 10.4. The Labute approximate surface area is 154 Å². The van der Waals surface area contributed by atoms with Gasteiger partial charge in [0.15, 0.2) is 0 Å². The number of hydrogen-bond donors (Lipinski definition) is 0. The third kappa shape index (κ3) is 5.46. The molecule has 0 amide bonds. The molecule has 25 heavy (non-hydrogen) atoms. The Morgan fingerprint density at radius 1 is 0.960 bits per heavy atom. The lowest BCUT2D eigenvalue weighted by atomic mass is 9.78. The van der Waals surface area contributed by atoms with Gasteiger partial charge >= 0.3 is 0 Å². The van der Waals surface area contributed by atoms with Crippen molar-refractivity contribution in [3.63, 3.8) is 0 Å². The van der Waals surface area contributed by atoms with Gasteiger partial charge in [-0.1, -0.05) is 56.9 Å². The molecular weight excluding hydrogens is 302 g/mol. The molecule has 0 saturated heterocycles. The van der Waals surface area contributed by atoms with E-state index in [4.69, 9.17) is 5.26 Å². The second-order valence-electron chi connectivity index (χ2n) is 8.48. The van der Waals surface area contributed by atoms with Gasteiger partial charge in [-0.15, -0.1) is 0 Å². The average molecular weight is 336 g/mol. The van der Waals surface area contributed by atoms with Crippen molar-refractivity contribution in [2.45, 2.75) is 77.0 Å². The average Bonchev–Trinajstić information content (AvgIpc) is 2.67. The minimum Gasteiger partial charge on any atom is -0.192 e. The first kappa shape index (κ1) is 18.2. The Kier molecular flexibility index (Phi) is 6.74. The molecule has 2 saturated carbocycles. The van der Waals surface area contributed by atoms with Crippen LogP contribution in [0.4, 0.5) is 0 Å². The highest BCUT2D eigenvalue weighted by molar-refractivity contribution is 5.33. The van der Waals surface area contributed by atoms with Crippen molar-refractivity contribution in [1.82, 2.24) is 0 Å². The molecule has 0 heterocycles. The third-order valence-electron chi connectivity index (χ3n) is 6.57. The molecule has 0 radical (unpaired) electrons. The van der Waals surface area contributed by atoms with Crippen LogP contribution in [0.25, 0.3) is 0 Å². The molecule has 0 atom stereocenters. The summed E-state index contributed by atoms with van der Waals surface area (Å²) >= 11 is 0. The molecule has 2 fully saturated rings. The number of nitriles is 1. The lowest BCUT2D eigenvalue weighted by Crippen LogP contribution is -2.12. The Balaban J connectivity index is 1.36. The van der Waals surface area contributed by atoms with E-state index in [0.717, 1.165) is 23.3 Å². The van der Waals surface area contributed by atoms with Crippen LogP contribution in [0, 0.1) is 29.1 Å². The van der Waals surface area contributed by atoms with Crippen LogP contribution in [0.3, 0.4) is 0 Å². The summed E-state index contributed by atoms with van der Waals surface area (Å²) in [5.41, 5.74) is 2.20. The van der Waals surface area contributed by atoms with Crippen LogP contribution < -0.4 is 0 Å². The van der Waals surface area contributed by atoms with E-state index in [0.29, 0.717) is 5.92 Å². The Morgan fingerprint density at radius 3 is 2.28 bits per heavy atom. The van der Waals surface area contributed by atoms with Crippen LogP contribution in [0.1, 0.15) is 88.2 Å². The number of benzene rings is 1.